The zero-order valence-electron chi connectivity index (χ0n) is 23.3. The molecular formula is C27H26ClF3N10O4. The van der Waals surface area contributed by atoms with Gasteiger partial charge in [0.05, 0.1) is 40.7 Å². The molecule has 14 nitrogen and oxygen atoms in total. The summed E-state index contributed by atoms with van der Waals surface area (Å²) in [5, 5.41) is 25.0. The predicted molar refractivity (Wildman–Crippen MR) is 154 cm³/mol. The summed E-state index contributed by atoms with van der Waals surface area (Å²) in [7, 11) is 0. The first kappa shape index (κ1) is 32.7. The lowest BCUT2D eigenvalue weighted by Gasteiger charge is -2.30. The summed E-state index contributed by atoms with van der Waals surface area (Å²) in [6.07, 6.45) is 1.89. The Labute approximate surface area is 258 Å². The number of anilines is 2. The standard InChI is InChI=1S/C26H24ClF3N10O2.CH2O2/c27-19-11-16(1-2-17(19)25(42)35-13-21(41)38-7-3-15(32)4-8-38)36-23-24-34-12-20(40(24)10-6-33-23)18-14-39(9-5-31)37-22(18)26(28,29)30;2-1-3/h1-2,6,10-12,14-15H,3-4,7-9,13,32H2,(H,33,36)(H,35,42);1H,(H,2,3). The topological polar surface area (TPSA) is 197 Å². The number of nitrogens with one attached hydrogen (secondary N) is 2. The summed E-state index contributed by atoms with van der Waals surface area (Å²) in [5.41, 5.74) is 5.37. The summed E-state index contributed by atoms with van der Waals surface area (Å²) < 4.78 is 43.4. The lowest BCUT2D eigenvalue weighted by atomic mass is 10.1. The number of piperidine rings is 1. The van der Waals surface area contributed by atoms with Gasteiger partial charge in [-0.25, -0.2) is 9.97 Å². The average molecular weight is 647 g/mol. The number of hydrogen-bond acceptors (Lipinski definition) is 9. The molecular weight excluding hydrogens is 621 g/mol. The van der Waals surface area contributed by atoms with Crippen molar-refractivity contribution >= 4 is 47.0 Å². The Morgan fingerprint density at radius 1 is 1.24 bits per heavy atom. The number of aromatic nitrogens is 5. The van der Waals surface area contributed by atoms with Gasteiger partial charge in [0, 0.05) is 43.4 Å². The number of halogens is 4. The van der Waals surface area contributed by atoms with E-state index < -0.39 is 17.8 Å². The molecule has 3 aromatic heterocycles. The molecule has 4 heterocycles. The second kappa shape index (κ2) is 14.1. The van der Waals surface area contributed by atoms with Crippen LogP contribution in [0.4, 0.5) is 24.7 Å². The van der Waals surface area contributed by atoms with E-state index in [2.05, 4.69) is 25.7 Å². The van der Waals surface area contributed by atoms with Crippen molar-refractivity contribution in [2.75, 3.05) is 25.0 Å². The van der Waals surface area contributed by atoms with Crippen molar-refractivity contribution in [3.05, 3.63) is 59.3 Å². The van der Waals surface area contributed by atoms with E-state index in [0.717, 1.165) is 10.9 Å². The molecule has 0 unspecified atom stereocenters. The van der Waals surface area contributed by atoms with Gasteiger partial charge in [0.15, 0.2) is 17.2 Å². The largest absolute Gasteiger partial charge is 0.483 e. The Balaban J connectivity index is 0.00000148. The second-order valence-corrected chi connectivity index (χ2v) is 10.1. The Bertz CT molecular complexity index is 1740. The van der Waals surface area contributed by atoms with Gasteiger partial charge >= 0.3 is 6.18 Å². The van der Waals surface area contributed by atoms with E-state index in [0.29, 0.717) is 31.6 Å². The number of hydrogen-bond donors (Lipinski definition) is 4. The Hall–Kier alpha value is -5.21. The fourth-order valence-electron chi connectivity index (χ4n) is 4.60. The van der Waals surface area contributed by atoms with E-state index in [-0.39, 0.29) is 64.8 Å². The van der Waals surface area contributed by atoms with Gasteiger partial charge in [0.25, 0.3) is 12.4 Å². The quantitative estimate of drug-likeness (QED) is 0.217. The number of amides is 2. The van der Waals surface area contributed by atoms with Crippen molar-refractivity contribution in [3.63, 3.8) is 0 Å². The van der Waals surface area contributed by atoms with Crippen LogP contribution in [0.2, 0.25) is 5.02 Å². The van der Waals surface area contributed by atoms with Gasteiger partial charge in [0.1, 0.15) is 6.54 Å². The van der Waals surface area contributed by atoms with Crippen molar-refractivity contribution < 1.29 is 32.7 Å². The number of carbonyl (C=O) groups excluding carboxylic acids is 2. The van der Waals surface area contributed by atoms with Crippen LogP contribution >= 0.6 is 11.6 Å². The number of imidazole rings is 1. The molecule has 236 valence electrons. The van der Waals surface area contributed by atoms with Crippen LogP contribution in [0.3, 0.4) is 0 Å². The van der Waals surface area contributed by atoms with Gasteiger partial charge < -0.3 is 26.4 Å². The molecule has 1 aliphatic heterocycles. The minimum Gasteiger partial charge on any atom is -0.483 e. The minimum atomic E-state index is -4.76. The van der Waals surface area contributed by atoms with Crippen LogP contribution in [0, 0.1) is 11.3 Å². The van der Waals surface area contributed by atoms with Crippen LogP contribution in [0.25, 0.3) is 16.9 Å². The Morgan fingerprint density at radius 2 is 1.96 bits per heavy atom. The van der Waals surface area contributed by atoms with Gasteiger partial charge in [0.2, 0.25) is 5.91 Å². The normalized spacial score (nSPS) is 13.5. The first-order valence-corrected chi connectivity index (χ1v) is 13.6. The maximum atomic E-state index is 13.7. The molecule has 1 fully saturated rings. The number of nitriles is 1. The molecule has 0 spiro atoms. The fraction of sp³-hybridized carbons (Fsp3) is 0.296. The number of nitrogens with two attached hydrogens (primary N) is 1. The van der Waals surface area contributed by atoms with Gasteiger partial charge in [-0.15, -0.1) is 0 Å². The van der Waals surface area contributed by atoms with Crippen LogP contribution in [0.1, 0.15) is 28.9 Å². The molecule has 0 bridgehead atoms. The minimum absolute atomic E-state index is 0.0785. The molecule has 1 aromatic carbocycles. The molecule has 0 atom stereocenters. The van der Waals surface area contributed by atoms with Gasteiger partial charge in [-0.05, 0) is 31.0 Å². The van der Waals surface area contributed by atoms with Crippen molar-refractivity contribution in [1.82, 2.24) is 34.4 Å². The van der Waals surface area contributed by atoms with Crippen molar-refractivity contribution in [3.8, 4) is 17.3 Å². The van der Waals surface area contributed by atoms with Crippen LogP contribution < -0.4 is 16.4 Å². The summed E-state index contributed by atoms with van der Waals surface area (Å²) in [6.45, 7) is 0.311. The van der Waals surface area contributed by atoms with Gasteiger partial charge in [-0.1, -0.05) is 11.6 Å². The van der Waals surface area contributed by atoms with Gasteiger partial charge in [-0.3, -0.25) is 23.5 Å². The lowest BCUT2D eigenvalue weighted by molar-refractivity contribution is -0.141. The number of alkyl halides is 3. The smallest absolute Gasteiger partial charge is 0.435 e. The zero-order chi connectivity index (χ0) is 32.7. The Morgan fingerprint density at radius 3 is 2.60 bits per heavy atom. The van der Waals surface area contributed by atoms with Crippen molar-refractivity contribution in [2.24, 2.45) is 5.73 Å². The van der Waals surface area contributed by atoms with E-state index in [1.165, 1.54) is 35.1 Å². The Kier molecular flexibility index (Phi) is 10.2. The van der Waals surface area contributed by atoms with E-state index in [9.17, 15) is 22.8 Å². The van der Waals surface area contributed by atoms with E-state index in [1.807, 2.05) is 0 Å². The highest BCUT2D eigenvalue weighted by atomic mass is 35.5. The molecule has 5 N–H and O–H groups in total. The molecule has 0 radical (unpaired) electrons. The second-order valence-electron chi connectivity index (χ2n) is 9.68. The number of carbonyl (C=O) groups is 3. The summed E-state index contributed by atoms with van der Waals surface area (Å²) >= 11 is 6.37. The number of carboxylic acid groups (broad SMARTS) is 1. The molecule has 2 amide bonds. The maximum absolute atomic E-state index is 13.7. The number of fused-ring (bicyclic) bond motifs is 1. The van der Waals surface area contributed by atoms with Crippen LogP contribution in [0.5, 0.6) is 0 Å². The molecule has 0 aliphatic carbocycles. The first-order valence-electron chi connectivity index (χ1n) is 13.3. The van der Waals surface area contributed by atoms with Crippen molar-refractivity contribution in [1.29, 1.82) is 5.26 Å². The highest BCUT2D eigenvalue weighted by Gasteiger charge is 2.38. The highest BCUT2D eigenvalue weighted by Crippen LogP contribution is 2.37. The SMILES string of the molecule is N#CCn1cc(-c2cnc3c(Nc4ccc(C(=O)NCC(=O)N5CCC(N)CC5)c(Cl)c4)nccn23)c(C(F)(F)F)n1.O=CO. The highest BCUT2D eigenvalue weighted by molar-refractivity contribution is 6.34. The average Bonchev–Trinajstić information content (AvgIpc) is 3.62. The van der Waals surface area contributed by atoms with Crippen LogP contribution in [-0.4, -0.2) is 78.1 Å². The monoisotopic (exact) mass is 646 g/mol. The summed E-state index contributed by atoms with van der Waals surface area (Å²) in [5.74, 6) is -0.520. The van der Waals surface area contributed by atoms with Crippen molar-refractivity contribution in [2.45, 2.75) is 31.6 Å². The molecule has 18 heteroatoms. The molecule has 45 heavy (non-hydrogen) atoms. The molecule has 1 saturated heterocycles. The third-order valence-electron chi connectivity index (χ3n) is 6.74. The molecule has 0 saturated carbocycles. The number of nitrogens with zero attached hydrogens (tertiary/aromatic N) is 7. The molecule has 5 rings (SSSR count). The van der Waals surface area contributed by atoms with Gasteiger partial charge in [-0.2, -0.15) is 23.5 Å². The third-order valence-corrected chi connectivity index (χ3v) is 7.05. The lowest BCUT2D eigenvalue weighted by Crippen LogP contribution is -2.46. The van der Waals surface area contributed by atoms with E-state index >= 15 is 0 Å². The molecule has 1 aliphatic rings. The third kappa shape index (κ3) is 7.66. The van der Waals surface area contributed by atoms with E-state index in [4.69, 9.17) is 32.5 Å². The van der Waals surface area contributed by atoms with Crippen LogP contribution in [-0.2, 0) is 22.3 Å². The first-order chi connectivity index (χ1) is 21.5. The number of benzene rings is 1. The number of likely N-dealkylation sites (tertiary alicyclic amines) is 1. The van der Waals surface area contributed by atoms with Crippen LogP contribution in [0.15, 0.2) is 43.0 Å². The summed E-state index contributed by atoms with van der Waals surface area (Å²) in [4.78, 5) is 43.6. The fourth-order valence-corrected chi connectivity index (χ4v) is 4.87. The zero-order valence-corrected chi connectivity index (χ0v) is 24.1. The molecule has 4 aromatic rings. The summed E-state index contributed by atoms with van der Waals surface area (Å²) in [6, 6.07) is 6.37. The van der Waals surface area contributed by atoms with E-state index in [1.54, 1.807) is 17.0 Å². The predicted octanol–water partition coefficient (Wildman–Crippen LogP) is 2.91. The maximum Gasteiger partial charge on any atom is 0.435 e. The number of rotatable bonds is 7.